The lowest BCUT2D eigenvalue weighted by atomic mass is 10.3. The second kappa shape index (κ2) is 5.07. The highest BCUT2D eigenvalue weighted by atomic mass is 32.1. The number of esters is 1. The molecule has 0 saturated carbocycles. The van der Waals surface area contributed by atoms with Crippen molar-refractivity contribution in [1.29, 1.82) is 0 Å². The molecule has 14 heavy (non-hydrogen) atoms. The van der Waals surface area contributed by atoms with Gasteiger partial charge in [-0.05, 0) is 6.92 Å². The highest BCUT2D eigenvalue weighted by molar-refractivity contribution is 7.09. The average molecular weight is 215 g/mol. The molecule has 0 aliphatic rings. The lowest BCUT2D eigenvalue weighted by Crippen LogP contribution is -2.05. The lowest BCUT2D eigenvalue weighted by molar-refractivity contribution is -0.139. The Morgan fingerprint density at radius 1 is 1.64 bits per heavy atom. The Kier molecular flexibility index (Phi) is 4.03. The van der Waals surface area contributed by atoms with Crippen LogP contribution < -0.4 is 0 Å². The third-order valence-electron chi connectivity index (χ3n) is 1.82. The number of carbonyl (C=O) groups excluding carboxylic acids is 1. The van der Waals surface area contributed by atoms with Crippen LogP contribution in [0.5, 0.6) is 0 Å². The Labute approximate surface area is 86.9 Å². The third-order valence-corrected chi connectivity index (χ3v) is 2.88. The first-order chi connectivity index (χ1) is 6.67. The van der Waals surface area contributed by atoms with Crippen LogP contribution in [0.1, 0.15) is 23.7 Å². The number of ether oxygens (including phenoxy) is 2. The van der Waals surface area contributed by atoms with Crippen LogP contribution in [0.3, 0.4) is 0 Å². The van der Waals surface area contributed by atoms with E-state index in [2.05, 4.69) is 9.72 Å². The zero-order valence-electron chi connectivity index (χ0n) is 8.44. The normalized spacial score (nSPS) is 12.5. The van der Waals surface area contributed by atoms with Gasteiger partial charge in [-0.3, -0.25) is 4.79 Å². The molecule has 5 heteroatoms. The summed E-state index contributed by atoms with van der Waals surface area (Å²) in [5, 5.41) is 2.73. The molecule has 0 radical (unpaired) electrons. The number of rotatable bonds is 4. The third kappa shape index (κ3) is 2.78. The van der Waals surface area contributed by atoms with Gasteiger partial charge < -0.3 is 9.47 Å². The number of aromatic nitrogens is 1. The van der Waals surface area contributed by atoms with Crippen LogP contribution in [-0.4, -0.2) is 25.2 Å². The van der Waals surface area contributed by atoms with E-state index < -0.39 is 0 Å². The van der Waals surface area contributed by atoms with Crippen LogP contribution in [0.15, 0.2) is 5.38 Å². The summed E-state index contributed by atoms with van der Waals surface area (Å²) in [4.78, 5) is 15.2. The SMILES string of the molecule is COC(=O)Cc1csc(C(C)OC)n1. The second-order valence-electron chi connectivity index (χ2n) is 2.81. The van der Waals surface area contributed by atoms with Gasteiger partial charge in [0.2, 0.25) is 0 Å². The molecule has 0 bridgehead atoms. The Morgan fingerprint density at radius 3 is 2.93 bits per heavy atom. The first-order valence-electron chi connectivity index (χ1n) is 4.21. The summed E-state index contributed by atoms with van der Waals surface area (Å²) in [7, 11) is 3.00. The topological polar surface area (TPSA) is 48.4 Å². The van der Waals surface area contributed by atoms with E-state index in [1.54, 1.807) is 7.11 Å². The minimum Gasteiger partial charge on any atom is -0.469 e. The van der Waals surface area contributed by atoms with Gasteiger partial charge in [0, 0.05) is 12.5 Å². The highest BCUT2D eigenvalue weighted by Gasteiger charge is 2.11. The minimum atomic E-state index is -0.271. The molecule has 1 heterocycles. The van der Waals surface area contributed by atoms with E-state index in [9.17, 15) is 4.79 Å². The Bertz CT molecular complexity index is 311. The van der Waals surface area contributed by atoms with E-state index in [0.717, 1.165) is 10.7 Å². The van der Waals surface area contributed by atoms with Crippen LogP contribution in [-0.2, 0) is 20.7 Å². The largest absolute Gasteiger partial charge is 0.469 e. The van der Waals surface area contributed by atoms with Crippen LogP contribution in [0.4, 0.5) is 0 Å². The number of methoxy groups -OCH3 is 2. The maximum Gasteiger partial charge on any atom is 0.311 e. The smallest absolute Gasteiger partial charge is 0.311 e. The van der Waals surface area contributed by atoms with E-state index in [-0.39, 0.29) is 18.5 Å². The summed E-state index contributed by atoms with van der Waals surface area (Å²) in [6, 6.07) is 0. The molecule has 1 aromatic rings. The summed E-state index contributed by atoms with van der Waals surface area (Å²) >= 11 is 1.49. The molecule has 4 nitrogen and oxygen atoms in total. The quantitative estimate of drug-likeness (QED) is 0.715. The van der Waals surface area contributed by atoms with Crippen molar-refractivity contribution < 1.29 is 14.3 Å². The van der Waals surface area contributed by atoms with Gasteiger partial charge in [-0.1, -0.05) is 0 Å². The van der Waals surface area contributed by atoms with Gasteiger partial charge in [-0.2, -0.15) is 0 Å². The molecule has 0 aliphatic carbocycles. The second-order valence-corrected chi connectivity index (χ2v) is 3.70. The van der Waals surface area contributed by atoms with Crippen molar-refractivity contribution in [2.24, 2.45) is 0 Å². The molecule has 0 fully saturated rings. The maximum absolute atomic E-state index is 10.9. The fraction of sp³-hybridized carbons (Fsp3) is 0.556. The van der Waals surface area contributed by atoms with E-state index in [0.29, 0.717) is 0 Å². The van der Waals surface area contributed by atoms with Gasteiger partial charge in [0.05, 0.1) is 19.2 Å². The van der Waals surface area contributed by atoms with Crippen LogP contribution in [0.25, 0.3) is 0 Å². The van der Waals surface area contributed by atoms with E-state index in [4.69, 9.17) is 4.74 Å². The minimum absolute atomic E-state index is 0.0219. The fourth-order valence-corrected chi connectivity index (χ4v) is 1.76. The Hall–Kier alpha value is -0.940. The summed E-state index contributed by atoms with van der Waals surface area (Å²) in [6.45, 7) is 1.92. The highest BCUT2D eigenvalue weighted by Crippen LogP contribution is 2.20. The summed E-state index contributed by atoms with van der Waals surface area (Å²) in [5.41, 5.74) is 0.737. The predicted molar refractivity (Wildman–Crippen MR) is 53.3 cm³/mol. The first-order valence-corrected chi connectivity index (χ1v) is 5.09. The molecule has 0 N–H and O–H groups in total. The lowest BCUT2D eigenvalue weighted by Gasteiger charge is -2.03. The van der Waals surface area contributed by atoms with Crippen molar-refractivity contribution in [2.45, 2.75) is 19.4 Å². The predicted octanol–water partition coefficient (Wildman–Crippen LogP) is 1.57. The number of nitrogens with zero attached hydrogens (tertiary/aromatic N) is 1. The molecule has 0 aromatic carbocycles. The van der Waals surface area contributed by atoms with Gasteiger partial charge in [-0.15, -0.1) is 11.3 Å². The van der Waals surface area contributed by atoms with Crippen molar-refractivity contribution in [3.8, 4) is 0 Å². The zero-order valence-corrected chi connectivity index (χ0v) is 9.26. The van der Waals surface area contributed by atoms with Crippen molar-refractivity contribution >= 4 is 17.3 Å². The van der Waals surface area contributed by atoms with Crippen molar-refractivity contribution in [3.05, 3.63) is 16.1 Å². The number of hydrogen-bond acceptors (Lipinski definition) is 5. The Balaban J connectivity index is 2.63. The molecule has 0 saturated heterocycles. The molecule has 1 rings (SSSR count). The van der Waals surface area contributed by atoms with Gasteiger partial charge >= 0.3 is 5.97 Å². The van der Waals surface area contributed by atoms with Crippen molar-refractivity contribution in [1.82, 2.24) is 4.98 Å². The van der Waals surface area contributed by atoms with Crippen LogP contribution in [0.2, 0.25) is 0 Å². The first kappa shape index (κ1) is 11.1. The summed E-state index contributed by atoms with van der Waals surface area (Å²) in [5.74, 6) is -0.271. The number of thiazole rings is 1. The molecular weight excluding hydrogens is 202 g/mol. The van der Waals surface area contributed by atoms with Crippen LogP contribution >= 0.6 is 11.3 Å². The molecule has 1 unspecified atom stereocenters. The zero-order chi connectivity index (χ0) is 10.6. The van der Waals surface area contributed by atoms with E-state index in [1.165, 1.54) is 18.4 Å². The maximum atomic E-state index is 10.9. The monoisotopic (exact) mass is 215 g/mol. The molecule has 1 aromatic heterocycles. The molecule has 78 valence electrons. The van der Waals surface area contributed by atoms with Gasteiger partial charge in [0.1, 0.15) is 11.1 Å². The standard InChI is InChI=1S/C9H13NO3S/c1-6(12-2)9-10-7(5-14-9)4-8(11)13-3/h5-6H,4H2,1-3H3. The fourth-order valence-electron chi connectivity index (χ4n) is 0.911. The van der Waals surface area contributed by atoms with Gasteiger partial charge in [0.25, 0.3) is 0 Å². The Morgan fingerprint density at radius 2 is 2.36 bits per heavy atom. The molecular formula is C9H13NO3S. The molecule has 0 amide bonds. The van der Waals surface area contributed by atoms with Gasteiger partial charge in [-0.25, -0.2) is 4.98 Å². The molecule has 0 aliphatic heterocycles. The molecule has 1 atom stereocenters. The average Bonchev–Trinajstić information content (AvgIpc) is 2.65. The summed E-state index contributed by atoms with van der Waals surface area (Å²) in [6.07, 6.45) is 0.204. The summed E-state index contributed by atoms with van der Waals surface area (Å²) < 4.78 is 9.66. The number of carbonyl (C=O) groups is 1. The number of hydrogen-bond donors (Lipinski definition) is 0. The molecule has 0 spiro atoms. The van der Waals surface area contributed by atoms with E-state index >= 15 is 0 Å². The van der Waals surface area contributed by atoms with Crippen LogP contribution in [0, 0.1) is 0 Å². The van der Waals surface area contributed by atoms with E-state index in [1.807, 2.05) is 12.3 Å². The van der Waals surface area contributed by atoms with Crippen molar-refractivity contribution in [2.75, 3.05) is 14.2 Å². The van der Waals surface area contributed by atoms with Gasteiger partial charge in [0.15, 0.2) is 0 Å². The van der Waals surface area contributed by atoms with Crippen molar-refractivity contribution in [3.63, 3.8) is 0 Å².